The van der Waals surface area contributed by atoms with Crippen molar-refractivity contribution in [1.82, 2.24) is 25.0 Å². The molecule has 0 spiro atoms. The fourth-order valence-electron chi connectivity index (χ4n) is 3.65. The molecule has 1 aliphatic rings. The first-order valence-corrected chi connectivity index (χ1v) is 10.1. The fraction of sp³-hybridized carbons (Fsp3) is 0.571. The third-order valence-corrected chi connectivity index (χ3v) is 5.33. The molecule has 3 rings (SSSR count). The number of aryl methyl sites for hydroxylation is 2. The molecule has 0 saturated heterocycles. The molecule has 0 amide bonds. The summed E-state index contributed by atoms with van der Waals surface area (Å²) in [4.78, 5) is 7.16. The first-order valence-electron chi connectivity index (χ1n) is 10.1. The minimum absolute atomic E-state index is 0.546. The molecule has 1 aromatic carbocycles. The molecule has 6 heteroatoms. The van der Waals surface area contributed by atoms with E-state index in [4.69, 9.17) is 4.99 Å². The maximum absolute atomic E-state index is 4.92. The van der Waals surface area contributed by atoms with E-state index in [1.165, 1.54) is 36.8 Å². The van der Waals surface area contributed by atoms with Crippen LogP contribution in [0.25, 0.3) is 0 Å². The molecule has 6 nitrogen and oxygen atoms in total. The minimum atomic E-state index is 0.546. The first-order chi connectivity index (χ1) is 13.2. The molecule has 27 heavy (non-hydrogen) atoms. The standard InChI is InChI=1S/C21H32N6/c1-4-20-25-23-16-27(20)14-13-22-21(24-19-11-7-8-12-19)26(3)15-18-10-6-5-9-17(18)2/h5-6,9-10,16,19H,4,7-8,11-15H2,1-3H3,(H,22,24). The van der Waals surface area contributed by atoms with E-state index in [2.05, 4.69) is 70.1 Å². The number of benzene rings is 1. The van der Waals surface area contributed by atoms with Crippen molar-refractivity contribution < 1.29 is 0 Å². The third kappa shape index (κ3) is 5.31. The molecule has 0 bridgehead atoms. The van der Waals surface area contributed by atoms with Crippen LogP contribution in [-0.4, -0.2) is 45.3 Å². The van der Waals surface area contributed by atoms with Gasteiger partial charge in [-0.05, 0) is 30.9 Å². The summed E-state index contributed by atoms with van der Waals surface area (Å²) in [6.07, 6.45) is 7.80. The second-order valence-corrected chi connectivity index (χ2v) is 7.41. The Morgan fingerprint density at radius 1 is 1.30 bits per heavy atom. The van der Waals surface area contributed by atoms with Gasteiger partial charge in [0, 0.05) is 32.6 Å². The van der Waals surface area contributed by atoms with Gasteiger partial charge in [-0.25, -0.2) is 0 Å². The molecular formula is C21H32N6. The number of nitrogens with zero attached hydrogens (tertiary/aromatic N) is 5. The molecule has 0 atom stereocenters. The second-order valence-electron chi connectivity index (χ2n) is 7.41. The Balaban J connectivity index is 1.68. The minimum Gasteiger partial charge on any atom is -0.354 e. The highest BCUT2D eigenvalue weighted by Gasteiger charge is 2.18. The number of guanidine groups is 1. The maximum Gasteiger partial charge on any atom is 0.194 e. The van der Waals surface area contributed by atoms with Crippen molar-refractivity contribution in [2.24, 2.45) is 4.99 Å². The smallest absolute Gasteiger partial charge is 0.194 e. The summed E-state index contributed by atoms with van der Waals surface area (Å²) in [5.74, 6) is 2.01. The van der Waals surface area contributed by atoms with Gasteiger partial charge >= 0.3 is 0 Å². The zero-order valence-electron chi connectivity index (χ0n) is 16.9. The van der Waals surface area contributed by atoms with Gasteiger partial charge in [-0.3, -0.25) is 4.99 Å². The molecule has 1 heterocycles. The molecular weight excluding hydrogens is 336 g/mol. The summed E-state index contributed by atoms with van der Waals surface area (Å²) in [7, 11) is 2.13. The summed E-state index contributed by atoms with van der Waals surface area (Å²) >= 11 is 0. The van der Waals surface area contributed by atoms with Crippen LogP contribution in [0.15, 0.2) is 35.6 Å². The van der Waals surface area contributed by atoms with Gasteiger partial charge in [0.1, 0.15) is 12.2 Å². The van der Waals surface area contributed by atoms with Crippen LogP contribution in [0, 0.1) is 6.92 Å². The quantitative estimate of drug-likeness (QED) is 0.602. The molecule has 1 aromatic heterocycles. The predicted octanol–water partition coefficient (Wildman–Crippen LogP) is 3.17. The van der Waals surface area contributed by atoms with Gasteiger partial charge in [0.05, 0.1) is 6.54 Å². The van der Waals surface area contributed by atoms with Crippen molar-refractivity contribution in [1.29, 1.82) is 0 Å². The lowest BCUT2D eigenvalue weighted by Gasteiger charge is -2.26. The topological polar surface area (TPSA) is 58.3 Å². The SMILES string of the molecule is CCc1nncn1CCN=C(NC1CCCC1)N(C)Cc1ccccc1C. The number of rotatable bonds is 7. The Bertz CT molecular complexity index is 745. The number of hydrogen-bond donors (Lipinski definition) is 1. The van der Waals surface area contributed by atoms with E-state index in [1.54, 1.807) is 6.33 Å². The summed E-state index contributed by atoms with van der Waals surface area (Å²) in [6, 6.07) is 9.11. The zero-order chi connectivity index (χ0) is 19.1. The van der Waals surface area contributed by atoms with Crippen molar-refractivity contribution in [2.75, 3.05) is 13.6 Å². The van der Waals surface area contributed by atoms with Crippen LogP contribution in [0.5, 0.6) is 0 Å². The Hall–Kier alpha value is -2.37. The van der Waals surface area contributed by atoms with Gasteiger partial charge < -0.3 is 14.8 Å². The Labute approximate surface area is 162 Å². The Morgan fingerprint density at radius 3 is 2.81 bits per heavy atom. The van der Waals surface area contributed by atoms with Crippen molar-refractivity contribution in [3.8, 4) is 0 Å². The van der Waals surface area contributed by atoms with E-state index in [1.807, 2.05) is 0 Å². The van der Waals surface area contributed by atoms with E-state index in [0.29, 0.717) is 6.04 Å². The number of aromatic nitrogens is 3. The van der Waals surface area contributed by atoms with Gasteiger partial charge in [0.25, 0.3) is 0 Å². The van der Waals surface area contributed by atoms with Gasteiger partial charge in [-0.2, -0.15) is 0 Å². The van der Waals surface area contributed by atoms with E-state index >= 15 is 0 Å². The van der Waals surface area contributed by atoms with Crippen molar-refractivity contribution in [2.45, 2.75) is 65.1 Å². The first kappa shape index (κ1) is 19.4. The lowest BCUT2D eigenvalue weighted by Crippen LogP contribution is -2.43. The summed E-state index contributed by atoms with van der Waals surface area (Å²) in [6.45, 7) is 6.66. The number of nitrogens with one attached hydrogen (secondary N) is 1. The Morgan fingerprint density at radius 2 is 2.07 bits per heavy atom. The van der Waals surface area contributed by atoms with Crippen LogP contribution in [-0.2, 0) is 19.5 Å². The molecule has 1 fully saturated rings. The van der Waals surface area contributed by atoms with Crippen LogP contribution in [0.3, 0.4) is 0 Å². The van der Waals surface area contributed by atoms with E-state index in [9.17, 15) is 0 Å². The van der Waals surface area contributed by atoms with Crippen LogP contribution in [0.1, 0.15) is 49.6 Å². The highest BCUT2D eigenvalue weighted by Crippen LogP contribution is 2.18. The molecule has 146 valence electrons. The maximum atomic E-state index is 4.92. The van der Waals surface area contributed by atoms with E-state index in [-0.39, 0.29) is 0 Å². The molecule has 0 unspecified atom stereocenters. The van der Waals surface area contributed by atoms with Crippen LogP contribution in [0.4, 0.5) is 0 Å². The molecule has 1 saturated carbocycles. The number of aliphatic imine (C=N–C) groups is 1. The normalized spacial score (nSPS) is 15.3. The van der Waals surface area contributed by atoms with Crippen LogP contribution < -0.4 is 5.32 Å². The zero-order valence-corrected chi connectivity index (χ0v) is 16.9. The van der Waals surface area contributed by atoms with Gasteiger partial charge in [-0.1, -0.05) is 44.0 Å². The van der Waals surface area contributed by atoms with Crippen LogP contribution >= 0.6 is 0 Å². The summed E-state index contributed by atoms with van der Waals surface area (Å²) in [5, 5.41) is 11.9. The molecule has 0 radical (unpaired) electrons. The molecule has 0 aliphatic heterocycles. The molecule has 2 aromatic rings. The second kappa shape index (κ2) is 9.53. The summed E-state index contributed by atoms with van der Waals surface area (Å²) in [5.41, 5.74) is 2.66. The lowest BCUT2D eigenvalue weighted by atomic mass is 10.1. The molecule has 1 N–H and O–H groups in total. The van der Waals surface area contributed by atoms with Gasteiger partial charge in [0.2, 0.25) is 0 Å². The monoisotopic (exact) mass is 368 g/mol. The van der Waals surface area contributed by atoms with E-state index in [0.717, 1.165) is 37.8 Å². The Kier molecular flexibility index (Phi) is 6.85. The van der Waals surface area contributed by atoms with Gasteiger partial charge in [-0.15, -0.1) is 10.2 Å². The summed E-state index contributed by atoms with van der Waals surface area (Å²) < 4.78 is 2.10. The predicted molar refractivity (Wildman–Crippen MR) is 110 cm³/mol. The van der Waals surface area contributed by atoms with Crippen molar-refractivity contribution in [3.63, 3.8) is 0 Å². The van der Waals surface area contributed by atoms with Gasteiger partial charge in [0.15, 0.2) is 5.96 Å². The third-order valence-electron chi connectivity index (χ3n) is 5.33. The highest BCUT2D eigenvalue weighted by molar-refractivity contribution is 5.80. The fourth-order valence-corrected chi connectivity index (χ4v) is 3.65. The van der Waals surface area contributed by atoms with E-state index < -0.39 is 0 Å². The largest absolute Gasteiger partial charge is 0.354 e. The lowest BCUT2D eigenvalue weighted by molar-refractivity contribution is 0.455. The average molecular weight is 369 g/mol. The van der Waals surface area contributed by atoms with Crippen LogP contribution in [0.2, 0.25) is 0 Å². The average Bonchev–Trinajstić information content (AvgIpc) is 3.34. The van der Waals surface area contributed by atoms with Crippen molar-refractivity contribution >= 4 is 5.96 Å². The highest BCUT2D eigenvalue weighted by atomic mass is 15.3. The van der Waals surface area contributed by atoms with Crippen molar-refractivity contribution in [3.05, 3.63) is 47.5 Å². The number of hydrogen-bond acceptors (Lipinski definition) is 3. The molecule has 1 aliphatic carbocycles.